The van der Waals surface area contributed by atoms with Crippen LogP contribution in [0, 0.1) is 5.92 Å². The molecule has 3 unspecified atom stereocenters. The zero-order valence-electron chi connectivity index (χ0n) is 17.1. The second-order valence-corrected chi connectivity index (χ2v) is 8.99. The molecule has 3 atom stereocenters. The van der Waals surface area contributed by atoms with Gasteiger partial charge in [-0.1, -0.05) is 29.8 Å². The third kappa shape index (κ3) is 4.49. The molecule has 2 aliphatic heterocycles. The SMILES string of the molecule is Clc1ccccc1OCCC1CC(C2CCN(Cc3ccc4[nH]ccc4c3)C2)NN1. The molecular weight excluding hydrogens is 396 g/mol. The number of aromatic amines is 1. The number of rotatable bonds is 7. The lowest BCUT2D eigenvalue weighted by molar-refractivity contribution is 0.288. The van der Waals surface area contributed by atoms with E-state index < -0.39 is 0 Å². The second kappa shape index (κ2) is 8.98. The van der Waals surface area contributed by atoms with Crippen molar-refractivity contribution in [2.24, 2.45) is 5.92 Å². The number of benzene rings is 2. The lowest BCUT2D eigenvalue weighted by Crippen LogP contribution is -2.38. The molecule has 2 fully saturated rings. The van der Waals surface area contributed by atoms with Crippen molar-refractivity contribution < 1.29 is 4.74 Å². The van der Waals surface area contributed by atoms with Gasteiger partial charge >= 0.3 is 0 Å². The number of ether oxygens (including phenoxy) is 1. The molecule has 6 heteroatoms. The van der Waals surface area contributed by atoms with Gasteiger partial charge in [-0.15, -0.1) is 0 Å². The van der Waals surface area contributed by atoms with E-state index in [4.69, 9.17) is 16.3 Å². The van der Waals surface area contributed by atoms with Crippen molar-refractivity contribution in [3.63, 3.8) is 0 Å². The number of hydrazine groups is 1. The number of hydrogen-bond donors (Lipinski definition) is 3. The van der Waals surface area contributed by atoms with Gasteiger partial charge in [0.1, 0.15) is 5.75 Å². The maximum atomic E-state index is 6.16. The number of nitrogens with zero attached hydrogens (tertiary/aromatic N) is 1. The van der Waals surface area contributed by atoms with Crippen molar-refractivity contribution in [3.05, 3.63) is 65.3 Å². The van der Waals surface area contributed by atoms with Gasteiger partial charge in [-0.25, -0.2) is 0 Å². The van der Waals surface area contributed by atoms with E-state index >= 15 is 0 Å². The molecule has 30 heavy (non-hydrogen) atoms. The first-order valence-electron chi connectivity index (χ1n) is 10.9. The molecule has 0 bridgehead atoms. The van der Waals surface area contributed by atoms with Crippen LogP contribution >= 0.6 is 11.6 Å². The van der Waals surface area contributed by atoms with Gasteiger partial charge < -0.3 is 9.72 Å². The highest BCUT2D eigenvalue weighted by atomic mass is 35.5. The Morgan fingerprint density at radius 1 is 1.10 bits per heavy atom. The number of nitrogens with one attached hydrogen (secondary N) is 3. The van der Waals surface area contributed by atoms with E-state index in [2.05, 4.69) is 45.0 Å². The van der Waals surface area contributed by atoms with E-state index in [0.717, 1.165) is 31.7 Å². The number of fused-ring (bicyclic) bond motifs is 1. The van der Waals surface area contributed by atoms with Crippen molar-refractivity contribution >= 4 is 22.5 Å². The Balaban J connectivity index is 1.07. The molecule has 2 saturated heterocycles. The maximum Gasteiger partial charge on any atom is 0.137 e. The molecule has 158 valence electrons. The van der Waals surface area contributed by atoms with E-state index in [-0.39, 0.29) is 0 Å². The molecule has 1 aromatic heterocycles. The first kappa shape index (κ1) is 19.9. The Kier molecular flexibility index (Phi) is 5.95. The largest absolute Gasteiger partial charge is 0.492 e. The third-order valence-electron chi connectivity index (χ3n) is 6.47. The minimum Gasteiger partial charge on any atom is -0.492 e. The van der Waals surface area contributed by atoms with Crippen molar-refractivity contribution in [1.29, 1.82) is 0 Å². The van der Waals surface area contributed by atoms with Crippen LogP contribution in [0.3, 0.4) is 0 Å². The molecule has 3 heterocycles. The first-order chi connectivity index (χ1) is 14.7. The monoisotopic (exact) mass is 424 g/mol. The van der Waals surface area contributed by atoms with Crippen molar-refractivity contribution in [2.75, 3.05) is 19.7 Å². The highest BCUT2D eigenvalue weighted by Gasteiger charge is 2.34. The molecular formula is C24H29ClN4O. The molecule has 0 spiro atoms. The molecule has 3 N–H and O–H groups in total. The Morgan fingerprint density at radius 2 is 2.03 bits per heavy atom. The second-order valence-electron chi connectivity index (χ2n) is 8.58. The quantitative estimate of drug-likeness (QED) is 0.528. The van der Waals surface area contributed by atoms with Gasteiger partial charge in [0.05, 0.1) is 11.6 Å². The molecule has 0 radical (unpaired) electrons. The Morgan fingerprint density at radius 3 is 2.97 bits per heavy atom. The van der Waals surface area contributed by atoms with Crippen molar-refractivity contribution in [3.8, 4) is 5.75 Å². The Labute approximate surface area is 182 Å². The number of aromatic nitrogens is 1. The third-order valence-corrected chi connectivity index (χ3v) is 6.79. The number of para-hydroxylation sites is 1. The van der Waals surface area contributed by atoms with Crippen LogP contribution in [0.4, 0.5) is 0 Å². The molecule has 3 aromatic rings. The predicted octanol–water partition coefficient (Wildman–Crippen LogP) is 4.35. The number of H-pyrrole nitrogens is 1. The summed E-state index contributed by atoms with van der Waals surface area (Å²) in [5.41, 5.74) is 9.64. The van der Waals surface area contributed by atoms with E-state index in [1.165, 1.54) is 29.4 Å². The van der Waals surface area contributed by atoms with Gasteiger partial charge in [-0.3, -0.25) is 15.8 Å². The predicted molar refractivity (Wildman–Crippen MR) is 122 cm³/mol. The fraction of sp³-hybridized carbons (Fsp3) is 0.417. The van der Waals surface area contributed by atoms with Crippen LogP contribution in [-0.2, 0) is 6.54 Å². The van der Waals surface area contributed by atoms with Gasteiger partial charge in [0.15, 0.2) is 0 Å². The van der Waals surface area contributed by atoms with Gasteiger partial charge in [-0.05, 0) is 73.0 Å². The summed E-state index contributed by atoms with van der Waals surface area (Å²) < 4.78 is 5.86. The fourth-order valence-corrected chi connectivity index (χ4v) is 5.01. The average molecular weight is 425 g/mol. The molecule has 0 aliphatic carbocycles. The number of likely N-dealkylation sites (tertiary alicyclic amines) is 1. The zero-order valence-corrected chi connectivity index (χ0v) is 17.9. The normalized spacial score (nSPS) is 24.6. The summed E-state index contributed by atoms with van der Waals surface area (Å²) in [6, 6.07) is 17.5. The van der Waals surface area contributed by atoms with Crippen LogP contribution in [0.25, 0.3) is 10.9 Å². The van der Waals surface area contributed by atoms with Gasteiger partial charge in [0.2, 0.25) is 0 Å². The number of halogens is 1. The van der Waals surface area contributed by atoms with E-state index in [9.17, 15) is 0 Å². The summed E-state index contributed by atoms with van der Waals surface area (Å²) in [5, 5.41) is 1.97. The maximum absolute atomic E-state index is 6.16. The smallest absolute Gasteiger partial charge is 0.137 e. The summed E-state index contributed by atoms with van der Waals surface area (Å²) in [7, 11) is 0. The molecule has 0 saturated carbocycles. The summed E-state index contributed by atoms with van der Waals surface area (Å²) >= 11 is 6.16. The van der Waals surface area contributed by atoms with Crippen LogP contribution in [0.2, 0.25) is 5.02 Å². The molecule has 2 aromatic carbocycles. The van der Waals surface area contributed by atoms with Crippen LogP contribution in [0.5, 0.6) is 5.75 Å². The summed E-state index contributed by atoms with van der Waals surface area (Å²) in [6.45, 7) is 4.04. The van der Waals surface area contributed by atoms with Crippen LogP contribution < -0.4 is 15.6 Å². The van der Waals surface area contributed by atoms with Gasteiger partial charge in [-0.2, -0.15) is 0 Å². The average Bonchev–Trinajstić information content (AvgIpc) is 3.50. The fourth-order valence-electron chi connectivity index (χ4n) is 4.82. The Bertz CT molecular complexity index is 990. The molecule has 5 nitrogen and oxygen atoms in total. The minimum atomic E-state index is 0.447. The summed E-state index contributed by atoms with van der Waals surface area (Å²) in [5.74, 6) is 1.47. The van der Waals surface area contributed by atoms with E-state index in [1.54, 1.807) is 0 Å². The Hall–Kier alpha value is -2.05. The van der Waals surface area contributed by atoms with Gasteiger partial charge in [0, 0.05) is 36.9 Å². The molecule has 5 rings (SSSR count). The van der Waals surface area contributed by atoms with E-state index in [0.29, 0.717) is 29.6 Å². The van der Waals surface area contributed by atoms with E-state index in [1.807, 2.05) is 30.5 Å². The number of hydrogen-bond acceptors (Lipinski definition) is 4. The van der Waals surface area contributed by atoms with Crippen molar-refractivity contribution in [1.82, 2.24) is 20.7 Å². The lowest BCUT2D eigenvalue weighted by atomic mass is 9.94. The van der Waals surface area contributed by atoms with Crippen LogP contribution in [0.15, 0.2) is 54.7 Å². The highest BCUT2D eigenvalue weighted by Crippen LogP contribution is 2.28. The van der Waals surface area contributed by atoms with Crippen molar-refractivity contribution in [2.45, 2.75) is 37.9 Å². The standard InChI is InChI=1S/C24H29ClN4O/c25-21-3-1-2-4-24(21)30-12-9-20-14-23(28-27-20)19-8-11-29(16-19)15-17-5-6-22-18(13-17)7-10-26-22/h1-7,10,13,19-20,23,26-28H,8-9,11-12,14-16H2. The van der Waals surface area contributed by atoms with Gasteiger partial charge in [0.25, 0.3) is 0 Å². The summed E-state index contributed by atoms with van der Waals surface area (Å²) in [4.78, 5) is 5.86. The summed E-state index contributed by atoms with van der Waals surface area (Å²) in [6.07, 6.45) is 5.39. The van der Waals surface area contributed by atoms with Crippen LogP contribution in [0.1, 0.15) is 24.8 Å². The molecule has 2 aliphatic rings. The minimum absolute atomic E-state index is 0.447. The zero-order chi connectivity index (χ0) is 20.3. The highest BCUT2D eigenvalue weighted by molar-refractivity contribution is 6.32. The molecule has 0 amide bonds. The lowest BCUT2D eigenvalue weighted by Gasteiger charge is -2.20. The first-order valence-corrected chi connectivity index (χ1v) is 11.3. The van der Waals surface area contributed by atoms with Crippen LogP contribution in [-0.4, -0.2) is 41.7 Å². The topological polar surface area (TPSA) is 52.3 Å².